The number of amides is 2. The Labute approximate surface area is 219 Å². The van der Waals surface area contributed by atoms with Gasteiger partial charge in [-0.3, -0.25) is 9.59 Å². The summed E-state index contributed by atoms with van der Waals surface area (Å²) in [4.78, 5) is 28.3. The van der Waals surface area contributed by atoms with E-state index >= 15 is 0 Å². The van der Waals surface area contributed by atoms with Crippen LogP contribution in [0.15, 0.2) is 83.3 Å². The zero-order chi connectivity index (χ0) is 25.0. The molecule has 0 saturated heterocycles. The highest BCUT2D eigenvalue weighted by Crippen LogP contribution is 2.20. The molecule has 0 aromatic heterocycles. The van der Waals surface area contributed by atoms with E-state index in [1.807, 2.05) is 61.5 Å². The molecule has 4 nitrogen and oxygen atoms in total. The predicted molar refractivity (Wildman–Crippen MR) is 144 cm³/mol. The number of rotatable bonds is 12. The molecule has 0 aliphatic heterocycles. The summed E-state index contributed by atoms with van der Waals surface area (Å²) in [5.41, 5.74) is 2.44. The first-order valence-corrected chi connectivity index (χ1v) is 13.6. The molecule has 0 bridgehead atoms. The maximum Gasteiger partial charge on any atom is 0.243 e. The average molecular weight is 558 g/mol. The molecule has 0 spiro atoms. The summed E-state index contributed by atoms with van der Waals surface area (Å²) in [5.74, 6) is 0.0518. The second kappa shape index (κ2) is 14.0. The molecule has 0 radical (unpaired) electrons. The van der Waals surface area contributed by atoms with Crippen molar-refractivity contribution < 1.29 is 14.0 Å². The lowest BCUT2D eigenvalue weighted by atomic mass is 10.0. The number of hydrogen-bond donors (Lipinski definition) is 1. The lowest BCUT2D eigenvalue weighted by Crippen LogP contribution is -2.51. The first-order chi connectivity index (χ1) is 17.0. The number of benzene rings is 3. The monoisotopic (exact) mass is 556 g/mol. The molecule has 0 heterocycles. The summed E-state index contributed by atoms with van der Waals surface area (Å²) in [6, 6.07) is 23.2. The van der Waals surface area contributed by atoms with Crippen molar-refractivity contribution in [2.45, 2.75) is 38.1 Å². The van der Waals surface area contributed by atoms with E-state index in [9.17, 15) is 14.0 Å². The van der Waals surface area contributed by atoms with Crippen molar-refractivity contribution in [1.82, 2.24) is 10.2 Å². The van der Waals surface area contributed by atoms with Gasteiger partial charge in [-0.2, -0.15) is 0 Å². The van der Waals surface area contributed by atoms with Crippen molar-refractivity contribution in [2.24, 2.45) is 0 Å². The van der Waals surface area contributed by atoms with Crippen molar-refractivity contribution in [3.8, 4) is 0 Å². The van der Waals surface area contributed by atoms with E-state index in [2.05, 4.69) is 21.2 Å². The third kappa shape index (κ3) is 8.51. The molecule has 0 saturated carbocycles. The van der Waals surface area contributed by atoms with Gasteiger partial charge >= 0.3 is 0 Å². The summed E-state index contributed by atoms with van der Waals surface area (Å²) in [6.45, 7) is 2.53. The second-order valence-corrected chi connectivity index (χ2v) is 10.1. The fourth-order valence-electron chi connectivity index (χ4n) is 3.65. The predicted octanol–water partition coefficient (Wildman–Crippen LogP) is 5.99. The fourth-order valence-corrected chi connectivity index (χ4v) is 4.78. The molecule has 0 unspecified atom stereocenters. The first kappa shape index (κ1) is 27.0. The molecule has 0 fully saturated rings. The summed E-state index contributed by atoms with van der Waals surface area (Å²) >= 11 is 4.92. The van der Waals surface area contributed by atoms with E-state index in [0.29, 0.717) is 24.3 Å². The van der Waals surface area contributed by atoms with Gasteiger partial charge in [0.05, 0.1) is 5.75 Å². The van der Waals surface area contributed by atoms with Crippen molar-refractivity contribution in [2.75, 3.05) is 12.3 Å². The molecule has 2 amide bonds. The Hall–Kier alpha value is -2.64. The van der Waals surface area contributed by atoms with Gasteiger partial charge in [-0.25, -0.2) is 4.39 Å². The third-order valence-corrected chi connectivity index (χ3v) is 7.04. The maximum absolute atomic E-state index is 14.6. The van der Waals surface area contributed by atoms with Crippen LogP contribution in [0.4, 0.5) is 4.39 Å². The lowest BCUT2D eigenvalue weighted by molar-refractivity contribution is -0.139. The van der Waals surface area contributed by atoms with Crippen LogP contribution in [0.1, 0.15) is 30.0 Å². The maximum atomic E-state index is 14.6. The Balaban J connectivity index is 1.83. The molecule has 3 aromatic rings. The first-order valence-electron chi connectivity index (χ1n) is 11.6. The average Bonchev–Trinajstić information content (AvgIpc) is 2.87. The van der Waals surface area contributed by atoms with Crippen LogP contribution < -0.4 is 5.32 Å². The molecular formula is C28H30BrFN2O2S. The standard InChI is InChI=1S/C28H30BrFN2O2S/c1-2-16-31-28(34)26(17-21-8-4-3-5-9-21)32(18-23-10-6-7-11-25(23)30)27(33)20-35-19-22-12-14-24(29)15-13-22/h3-15,26H,2,16-20H2,1H3,(H,31,34)/t26-/m0/s1. The number of hydrogen-bond acceptors (Lipinski definition) is 3. The van der Waals surface area contributed by atoms with Crippen LogP contribution in [0.5, 0.6) is 0 Å². The molecule has 0 aliphatic rings. The molecule has 7 heteroatoms. The van der Waals surface area contributed by atoms with E-state index in [1.54, 1.807) is 18.2 Å². The molecule has 3 aromatic carbocycles. The van der Waals surface area contributed by atoms with E-state index in [4.69, 9.17) is 0 Å². The molecule has 35 heavy (non-hydrogen) atoms. The van der Waals surface area contributed by atoms with E-state index in [-0.39, 0.29) is 29.9 Å². The SMILES string of the molecule is CCCNC(=O)[C@H](Cc1ccccc1)N(Cc1ccccc1F)C(=O)CSCc1ccc(Br)cc1. The molecule has 184 valence electrons. The normalized spacial score (nSPS) is 11.6. The van der Waals surface area contributed by atoms with Crippen LogP contribution >= 0.6 is 27.7 Å². The number of nitrogens with zero attached hydrogens (tertiary/aromatic N) is 1. The van der Waals surface area contributed by atoms with E-state index in [1.165, 1.54) is 22.7 Å². The van der Waals surface area contributed by atoms with E-state index < -0.39 is 6.04 Å². The minimum Gasteiger partial charge on any atom is -0.354 e. The Morgan fingerprint density at radius 1 is 0.971 bits per heavy atom. The van der Waals surface area contributed by atoms with Crippen LogP contribution in [0.3, 0.4) is 0 Å². The van der Waals surface area contributed by atoms with Gasteiger partial charge in [-0.05, 0) is 35.7 Å². The molecule has 3 rings (SSSR count). The van der Waals surface area contributed by atoms with Gasteiger partial charge < -0.3 is 10.2 Å². The summed E-state index contributed by atoms with van der Waals surface area (Å²) in [5, 5.41) is 2.94. The lowest BCUT2D eigenvalue weighted by Gasteiger charge is -2.31. The number of halogens is 2. The van der Waals surface area contributed by atoms with E-state index in [0.717, 1.165) is 22.0 Å². The highest BCUT2D eigenvalue weighted by Gasteiger charge is 2.30. The van der Waals surface area contributed by atoms with Crippen LogP contribution in [0.2, 0.25) is 0 Å². The van der Waals surface area contributed by atoms with Gasteiger partial charge in [0.1, 0.15) is 11.9 Å². The van der Waals surface area contributed by atoms with Crippen LogP contribution in [-0.2, 0) is 28.3 Å². The van der Waals surface area contributed by atoms with Crippen LogP contribution in [0.25, 0.3) is 0 Å². The number of thioether (sulfide) groups is 1. The smallest absolute Gasteiger partial charge is 0.243 e. The minimum absolute atomic E-state index is 0.0292. The summed E-state index contributed by atoms with van der Waals surface area (Å²) in [6.07, 6.45) is 1.14. The molecule has 1 N–H and O–H groups in total. The highest BCUT2D eigenvalue weighted by atomic mass is 79.9. The Bertz CT molecular complexity index is 1100. The quantitative estimate of drug-likeness (QED) is 0.298. The van der Waals surface area contributed by atoms with Crippen molar-refractivity contribution in [3.05, 3.63) is 106 Å². The van der Waals surface area contributed by atoms with Crippen molar-refractivity contribution >= 4 is 39.5 Å². The number of carbonyl (C=O) groups excluding carboxylic acids is 2. The highest BCUT2D eigenvalue weighted by molar-refractivity contribution is 9.10. The van der Waals surface area contributed by atoms with Crippen LogP contribution in [0, 0.1) is 5.82 Å². The Kier molecular flexibility index (Phi) is 10.8. The number of carbonyl (C=O) groups is 2. The van der Waals surface area contributed by atoms with Crippen molar-refractivity contribution in [3.63, 3.8) is 0 Å². The largest absolute Gasteiger partial charge is 0.354 e. The third-order valence-electron chi connectivity index (χ3n) is 5.53. The van der Waals surface area contributed by atoms with Gasteiger partial charge in [-0.15, -0.1) is 11.8 Å². The second-order valence-electron chi connectivity index (χ2n) is 8.23. The summed E-state index contributed by atoms with van der Waals surface area (Å²) < 4.78 is 15.6. The van der Waals surface area contributed by atoms with Gasteiger partial charge in [0.25, 0.3) is 0 Å². The fraction of sp³-hybridized carbons (Fsp3) is 0.286. The van der Waals surface area contributed by atoms with Gasteiger partial charge in [0.15, 0.2) is 0 Å². The zero-order valence-corrected chi connectivity index (χ0v) is 22.2. The van der Waals surface area contributed by atoms with Crippen LogP contribution in [-0.4, -0.2) is 35.1 Å². The molecule has 0 aliphatic carbocycles. The minimum atomic E-state index is -0.746. The molecular weight excluding hydrogens is 527 g/mol. The van der Waals surface area contributed by atoms with Gasteiger partial charge in [0.2, 0.25) is 11.8 Å². The topological polar surface area (TPSA) is 49.4 Å². The summed E-state index contributed by atoms with van der Waals surface area (Å²) in [7, 11) is 0. The zero-order valence-electron chi connectivity index (χ0n) is 19.8. The van der Waals surface area contributed by atoms with Crippen molar-refractivity contribution in [1.29, 1.82) is 0 Å². The Morgan fingerprint density at radius 2 is 1.66 bits per heavy atom. The Morgan fingerprint density at radius 3 is 2.34 bits per heavy atom. The number of nitrogens with one attached hydrogen (secondary N) is 1. The van der Waals surface area contributed by atoms with Gasteiger partial charge in [-0.1, -0.05) is 83.5 Å². The molecule has 1 atom stereocenters. The van der Waals surface area contributed by atoms with Gasteiger partial charge in [0, 0.05) is 35.3 Å².